The zero-order valence-electron chi connectivity index (χ0n) is 11.4. The minimum absolute atomic E-state index is 0.119. The number of carboxylic acids is 1. The zero-order valence-corrected chi connectivity index (χ0v) is 12.3. The van der Waals surface area contributed by atoms with Gasteiger partial charge in [0.05, 0.1) is 0 Å². The number of nitrogens with zero attached hydrogens (tertiary/aromatic N) is 1. The highest BCUT2D eigenvalue weighted by atomic mass is 32.2. The lowest BCUT2D eigenvalue weighted by molar-refractivity contribution is -0.137. The molecule has 0 aromatic carbocycles. The maximum atomic E-state index is 11.9. The molecule has 1 rings (SSSR count). The Kier molecular flexibility index (Phi) is 6.60. The topological polar surface area (TPSA) is 96.4 Å². The first-order valence-corrected chi connectivity index (χ1v) is 8.05. The minimum Gasteiger partial charge on any atom is -0.481 e. The monoisotopic (exact) mass is 300 g/mol. The van der Waals surface area contributed by atoms with Gasteiger partial charge < -0.3 is 5.11 Å². The Bertz CT molecular complexity index is 516. The molecule has 0 fully saturated rings. The van der Waals surface area contributed by atoms with Gasteiger partial charge in [0.2, 0.25) is 10.0 Å². The third-order valence-electron chi connectivity index (χ3n) is 3.13. The van der Waals surface area contributed by atoms with Crippen LogP contribution in [0, 0.1) is 5.92 Å². The van der Waals surface area contributed by atoms with E-state index in [0.29, 0.717) is 19.4 Å². The predicted molar refractivity (Wildman–Crippen MR) is 74.7 cm³/mol. The van der Waals surface area contributed by atoms with Crippen molar-refractivity contribution in [1.82, 2.24) is 9.71 Å². The number of carbonyl (C=O) groups is 1. The van der Waals surface area contributed by atoms with Gasteiger partial charge in [0.25, 0.3) is 0 Å². The molecule has 0 saturated heterocycles. The smallest absolute Gasteiger partial charge is 0.303 e. The fraction of sp³-hybridized carbons (Fsp3) is 0.538. The molecule has 1 aromatic heterocycles. The molecule has 0 aliphatic rings. The molecule has 6 nitrogen and oxygen atoms in total. The summed E-state index contributed by atoms with van der Waals surface area (Å²) in [4.78, 5) is 14.4. The van der Waals surface area contributed by atoms with Crippen molar-refractivity contribution in [3.05, 3.63) is 24.5 Å². The standard InChI is InChI=1S/C13H20N2O4S/c1-2-11(5-6-13(16)17)7-9-15-20(18,19)12-4-3-8-14-10-12/h3-4,8,10-11,15H,2,5-7,9H2,1H3,(H,16,17). The molecule has 1 aromatic rings. The van der Waals surface area contributed by atoms with Gasteiger partial charge in [-0.3, -0.25) is 9.78 Å². The molecule has 1 heterocycles. The second-order valence-corrected chi connectivity index (χ2v) is 6.35. The summed E-state index contributed by atoms with van der Waals surface area (Å²) >= 11 is 0. The Morgan fingerprint density at radius 3 is 2.75 bits per heavy atom. The highest BCUT2D eigenvalue weighted by molar-refractivity contribution is 7.89. The van der Waals surface area contributed by atoms with Crippen LogP contribution in [0.3, 0.4) is 0 Å². The molecule has 0 radical (unpaired) electrons. The van der Waals surface area contributed by atoms with Crippen LogP contribution in [0.15, 0.2) is 29.4 Å². The number of hydrogen-bond acceptors (Lipinski definition) is 4. The first-order chi connectivity index (χ1) is 9.45. The zero-order chi connectivity index (χ0) is 15.0. The van der Waals surface area contributed by atoms with E-state index in [9.17, 15) is 13.2 Å². The molecule has 0 saturated carbocycles. The number of carboxylic acid groups (broad SMARTS) is 1. The van der Waals surface area contributed by atoms with Gasteiger partial charge in [0, 0.05) is 25.4 Å². The number of pyridine rings is 1. The van der Waals surface area contributed by atoms with Gasteiger partial charge in [0.1, 0.15) is 4.90 Å². The lowest BCUT2D eigenvalue weighted by Gasteiger charge is -2.14. The summed E-state index contributed by atoms with van der Waals surface area (Å²) < 4.78 is 26.4. The molecule has 112 valence electrons. The largest absolute Gasteiger partial charge is 0.481 e. The Balaban J connectivity index is 2.44. The number of aliphatic carboxylic acids is 1. The summed E-state index contributed by atoms with van der Waals surface area (Å²) in [5.41, 5.74) is 0. The molecule has 1 unspecified atom stereocenters. The molecule has 0 aliphatic heterocycles. The average molecular weight is 300 g/mol. The van der Waals surface area contributed by atoms with Gasteiger partial charge in [-0.05, 0) is 30.9 Å². The van der Waals surface area contributed by atoms with Gasteiger partial charge >= 0.3 is 5.97 Å². The van der Waals surface area contributed by atoms with E-state index in [0.717, 1.165) is 6.42 Å². The predicted octanol–water partition coefficient (Wildman–Crippen LogP) is 1.64. The van der Waals surface area contributed by atoms with Crippen LogP contribution in [0.25, 0.3) is 0 Å². The van der Waals surface area contributed by atoms with Gasteiger partial charge in [-0.15, -0.1) is 0 Å². The Morgan fingerprint density at radius 2 is 2.20 bits per heavy atom. The molecule has 0 amide bonds. The molecule has 1 atom stereocenters. The lowest BCUT2D eigenvalue weighted by Crippen LogP contribution is -2.26. The minimum atomic E-state index is -3.52. The number of sulfonamides is 1. The van der Waals surface area contributed by atoms with Crippen LogP contribution < -0.4 is 4.72 Å². The second-order valence-electron chi connectivity index (χ2n) is 4.58. The van der Waals surface area contributed by atoms with Gasteiger partial charge in [-0.25, -0.2) is 13.1 Å². The van der Waals surface area contributed by atoms with E-state index < -0.39 is 16.0 Å². The van der Waals surface area contributed by atoms with Crippen molar-refractivity contribution >= 4 is 16.0 Å². The van der Waals surface area contributed by atoms with E-state index in [1.54, 1.807) is 6.07 Å². The average Bonchev–Trinajstić information content (AvgIpc) is 2.43. The number of aromatic nitrogens is 1. The van der Waals surface area contributed by atoms with Crippen LogP contribution in [-0.4, -0.2) is 31.0 Å². The maximum absolute atomic E-state index is 11.9. The van der Waals surface area contributed by atoms with Crippen molar-refractivity contribution in [3.63, 3.8) is 0 Å². The highest BCUT2D eigenvalue weighted by Gasteiger charge is 2.15. The molecule has 0 aliphatic carbocycles. The molecule has 2 N–H and O–H groups in total. The summed E-state index contributed by atoms with van der Waals surface area (Å²) in [6, 6.07) is 3.05. The molecule has 7 heteroatoms. The molecule has 0 spiro atoms. The summed E-state index contributed by atoms with van der Waals surface area (Å²) in [6.07, 6.45) is 4.96. The van der Waals surface area contributed by atoms with Crippen molar-refractivity contribution in [2.75, 3.05) is 6.54 Å². The SMILES string of the molecule is CCC(CCNS(=O)(=O)c1cccnc1)CCC(=O)O. The van der Waals surface area contributed by atoms with Crippen molar-refractivity contribution in [1.29, 1.82) is 0 Å². The van der Waals surface area contributed by atoms with E-state index in [2.05, 4.69) is 9.71 Å². The van der Waals surface area contributed by atoms with Gasteiger partial charge in [-0.2, -0.15) is 0 Å². The third kappa shape index (κ3) is 5.66. The van der Waals surface area contributed by atoms with Crippen LogP contribution in [0.4, 0.5) is 0 Å². The Morgan fingerprint density at radius 1 is 1.45 bits per heavy atom. The third-order valence-corrected chi connectivity index (χ3v) is 4.58. The number of nitrogens with one attached hydrogen (secondary N) is 1. The summed E-state index contributed by atoms with van der Waals surface area (Å²) in [5, 5.41) is 8.64. The number of rotatable bonds is 9. The second kappa shape index (κ2) is 7.96. The van der Waals surface area contributed by atoms with E-state index in [1.165, 1.54) is 18.5 Å². The molecule has 20 heavy (non-hydrogen) atoms. The summed E-state index contributed by atoms with van der Waals surface area (Å²) in [5.74, 6) is -0.609. The van der Waals surface area contributed by atoms with Crippen LogP contribution in [0.1, 0.15) is 32.6 Å². The van der Waals surface area contributed by atoms with Crippen LogP contribution in [-0.2, 0) is 14.8 Å². The fourth-order valence-corrected chi connectivity index (χ4v) is 2.88. The highest BCUT2D eigenvalue weighted by Crippen LogP contribution is 2.15. The molecule has 0 bridgehead atoms. The van der Waals surface area contributed by atoms with Crippen LogP contribution in [0.2, 0.25) is 0 Å². The maximum Gasteiger partial charge on any atom is 0.303 e. The van der Waals surface area contributed by atoms with Gasteiger partial charge in [-0.1, -0.05) is 13.3 Å². The van der Waals surface area contributed by atoms with E-state index in [4.69, 9.17) is 5.11 Å². The fourth-order valence-electron chi connectivity index (χ4n) is 1.87. The first-order valence-electron chi connectivity index (χ1n) is 6.57. The van der Waals surface area contributed by atoms with E-state index in [1.807, 2.05) is 6.92 Å². The molecular weight excluding hydrogens is 280 g/mol. The Labute approximate surface area is 119 Å². The quantitative estimate of drug-likeness (QED) is 0.722. The van der Waals surface area contributed by atoms with Crippen molar-refractivity contribution in [3.8, 4) is 0 Å². The summed E-state index contributed by atoms with van der Waals surface area (Å²) in [7, 11) is -3.52. The normalized spacial score (nSPS) is 13.1. The van der Waals surface area contributed by atoms with Crippen molar-refractivity contribution < 1.29 is 18.3 Å². The van der Waals surface area contributed by atoms with Crippen LogP contribution >= 0.6 is 0 Å². The van der Waals surface area contributed by atoms with E-state index >= 15 is 0 Å². The summed E-state index contributed by atoms with van der Waals surface area (Å²) in [6.45, 7) is 2.28. The van der Waals surface area contributed by atoms with Crippen molar-refractivity contribution in [2.45, 2.75) is 37.5 Å². The van der Waals surface area contributed by atoms with E-state index in [-0.39, 0.29) is 17.2 Å². The Hall–Kier alpha value is -1.47. The number of hydrogen-bond donors (Lipinski definition) is 2. The molecular formula is C13H20N2O4S. The van der Waals surface area contributed by atoms with Crippen molar-refractivity contribution in [2.24, 2.45) is 5.92 Å². The van der Waals surface area contributed by atoms with Gasteiger partial charge in [0.15, 0.2) is 0 Å². The first kappa shape index (κ1) is 16.6. The lowest BCUT2D eigenvalue weighted by atomic mass is 9.97. The van der Waals surface area contributed by atoms with Crippen LogP contribution in [0.5, 0.6) is 0 Å².